The van der Waals surface area contributed by atoms with E-state index in [0.717, 1.165) is 0 Å². The Morgan fingerprint density at radius 3 is 2.90 bits per heavy atom. The number of thiazole rings is 1. The van der Waals surface area contributed by atoms with Gasteiger partial charge in [0.15, 0.2) is 5.01 Å². The molecule has 0 aliphatic carbocycles. The Hall–Kier alpha value is -1.99. The van der Waals surface area contributed by atoms with Crippen molar-refractivity contribution in [3.63, 3.8) is 0 Å². The van der Waals surface area contributed by atoms with Crippen molar-refractivity contribution in [1.82, 2.24) is 10.4 Å². The molecule has 1 amide bonds. The summed E-state index contributed by atoms with van der Waals surface area (Å²) in [4.78, 5) is 17.4. The van der Waals surface area contributed by atoms with Crippen molar-refractivity contribution < 1.29 is 9.18 Å². The van der Waals surface area contributed by atoms with Gasteiger partial charge >= 0.3 is 0 Å². The molecule has 0 saturated heterocycles. The number of nitrogens with zero attached hydrogens (tertiary/aromatic N) is 2. The molecule has 2 rings (SSSR count). The highest BCUT2D eigenvalue weighted by atomic mass is 32.1. The molecule has 0 saturated carbocycles. The van der Waals surface area contributed by atoms with E-state index in [-0.39, 0.29) is 5.82 Å². The maximum absolute atomic E-state index is 13.8. The number of amides is 1. The number of nitrogens with one attached hydrogen (secondary N) is 1. The zero-order valence-corrected chi connectivity index (χ0v) is 11.8. The van der Waals surface area contributed by atoms with Gasteiger partial charge in [0.25, 0.3) is 5.91 Å². The van der Waals surface area contributed by atoms with Crippen molar-refractivity contribution in [2.75, 3.05) is 11.4 Å². The molecule has 1 aromatic carbocycles. The number of nitrogen functional groups attached to an aromatic ring is 1. The number of nitrogens with two attached hydrogens (primary N) is 1. The fourth-order valence-electron chi connectivity index (χ4n) is 1.82. The molecule has 0 atom stereocenters. The van der Waals surface area contributed by atoms with Crippen LogP contribution in [-0.4, -0.2) is 17.4 Å². The number of hydrogen-bond donors (Lipinski definition) is 2. The molecule has 0 aliphatic rings. The van der Waals surface area contributed by atoms with Crippen LogP contribution < -0.4 is 16.2 Å². The second-order valence-electron chi connectivity index (χ2n) is 4.08. The molecule has 106 valence electrons. The molecule has 20 heavy (non-hydrogen) atoms. The number of benzene rings is 1. The normalized spacial score (nSPS) is 10.3. The highest BCUT2D eigenvalue weighted by molar-refractivity contribution is 7.11. The summed E-state index contributed by atoms with van der Waals surface area (Å²) in [5.74, 6) is 4.36. The molecule has 1 heterocycles. The lowest BCUT2D eigenvalue weighted by molar-refractivity contribution is 0.0953. The number of carbonyl (C=O) groups is 1. The van der Waals surface area contributed by atoms with Gasteiger partial charge in [0.05, 0.1) is 17.9 Å². The molecule has 5 nitrogen and oxygen atoms in total. The lowest BCUT2D eigenvalue weighted by Gasteiger charge is -2.22. The summed E-state index contributed by atoms with van der Waals surface area (Å²) in [7, 11) is 0. The minimum atomic E-state index is -0.421. The summed E-state index contributed by atoms with van der Waals surface area (Å²) in [6, 6.07) is 6.58. The van der Waals surface area contributed by atoms with Crippen LogP contribution in [0.2, 0.25) is 0 Å². The Morgan fingerprint density at radius 2 is 2.25 bits per heavy atom. The summed E-state index contributed by atoms with van der Waals surface area (Å²) < 4.78 is 13.8. The van der Waals surface area contributed by atoms with Gasteiger partial charge in [-0.1, -0.05) is 12.1 Å². The second kappa shape index (κ2) is 6.44. The molecule has 2 aromatic rings. The van der Waals surface area contributed by atoms with Crippen molar-refractivity contribution in [3.05, 3.63) is 46.2 Å². The molecular weight excluding hydrogens is 279 g/mol. The molecule has 0 radical (unpaired) electrons. The molecular formula is C13H15FN4OS. The second-order valence-corrected chi connectivity index (χ2v) is 4.94. The Kier molecular flexibility index (Phi) is 4.65. The Balaban J connectivity index is 2.17. The zero-order valence-electron chi connectivity index (χ0n) is 11.0. The minimum Gasteiger partial charge on any atom is -0.364 e. The highest BCUT2D eigenvalue weighted by Gasteiger charge is 2.14. The number of aromatic nitrogens is 1. The molecule has 0 aliphatic heterocycles. The summed E-state index contributed by atoms with van der Waals surface area (Å²) in [5, 5.41) is 2.07. The van der Waals surface area contributed by atoms with Crippen molar-refractivity contribution in [2.45, 2.75) is 13.5 Å². The Labute approximate surface area is 120 Å². The molecule has 0 fully saturated rings. The van der Waals surface area contributed by atoms with Gasteiger partial charge < -0.3 is 4.90 Å². The van der Waals surface area contributed by atoms with Gasteiger partial charge in [-0.15, -0.1) is 11.3 Å². The van der Waals surface area contributed by atoms with E-state index in [0.29, 0.717) is 29.5 Å². The van der Waals surface area contributed by atoms with Gasteiger partial charge in [0.1, 0.15) is 5.82 Å². The number of carbonyl (C=O) groups excluding carboxylic acids is 1. The van der Waals surface area contributed by atoms with E-state index < -0.39 is 5.91 Å². The monoisotopic (exact) mass is 294 g/mol. The summed E-state index contributed by atoms with van der Waals surface area (Å²) in [5.41, 5.74) is 3.27. The van der Waals surface area contributed by atoms with Crippen LogP contribution in [0, 0.1) is 5.82 Å². The fraction of sp³-hybridized carbons (Fsp3) is 0.231. The standard InChI is InChI=1S/C13H15FN4OS/c1-2-18(11-6-4-3-5-10(11)14)7-9-8-20-13(16-9)12(19)17-15/h3-6,8H,2,7,15H2,1H3,(H,17,19). The number of hydrogen-bond acceptors (Lipinski definition) is 5. The first-order chi connectivity index (χ1) is 9.65. The van der Waals surface area contributed by atoms with Crippen molar-refractivity contribution >= 4 is 22.9 Å². The van der Waals surface area contributed by atoms with Crippen LogP contribution in [0.4, 0.5) is 10.1 Å². The van der Waals surface area contributed by atoms with E-state index in [1.54, 1.807) is 23.6 Å². The molecule has 1 aromatic heterocycles. The third-order valence-corrected chi connectivity index (χ3v) is 3.69. The molecule has 0 spiro atoms. The van der Waals surface area contributed by atoms with Crippen molar-refractivity contribution in [2.24, 2.45) is 5.84 Å². The summed E-state index contributed by atoms with van der Waals surface area (Å²) in [6.45, 7) is 3.01. The third-order valence-electron chi connectivity index (χ3n) is 2.80. The predicted octanol–water partition coefficient (Wildman–Crippen LogP) is 1.91. The number of hydrazine groups is 1. The van der Waals surface area contributed by atoms with Crippen LogP contribution in [0.15, 0.2) is 29.6 Å². The Bertz CT molecular complexity index is 602. The van der Waals surface area contributed by atoms with Crippen molar-refractivity contribution in [3.8, 4) is 0 Å². The SMILES string of the molecule is CCN(Cc1csc(C(=O)NN)n1)c1ccccc1F. The van der Waals surface area contributed by atoms with E-state index in [4.69, 9.17) is 5.84 Å². The lowest BCUT2D eigenvalue weighted by atomic mass is 10.2. The van der Waals surface area contributed by atoms with Crippen LogP contribution in [-0.2, 0) is 6.54 Å². The first kappa shape index (κ1) is 14.4. The maximum atomic E-state index is 13.8. The number of halogens is 1. The smallest absolute Gasteiger partial charge is 0.294 e. The average molecular weight is 294 g/mol. The average Bonchev–Trinajstić information content (AvgIpc) is 2.93. The predicted molar refractivity (Wildman–Crippen MR) is 76.9 cm³/mol. The molecule has 0 unspecified atom stereocenters. The number of rotatable bonds is 5. The summed E-state index contributed by atoms with van der Waals surface area (Å²) >= 11 is 1.21. The fourth-order valence-corrected chi connectivity index (χ4v) is 2.53. The van der Waals surface area contributed by atoms with E-state index >= 15 is 0 Å². The first-order valence-electron chi connectivity index (χ1n) is 6.10. The van der Waals surface area contributed by atoms with Gasteiger partial charge in [0.2, 0.25) is 0 Å². The van der Waals surface area contributed by atoms with Crippen LogP contribution in [0.3, 0.4) is 0 Å². The van der Waals surface area contributed by atoms with Gasteiger partial charge in [-0.3, -0.25) is 10.2 Å². The van der Waals surface area contributed by atoms with E-state index in [1.807, 2.05) is 17.2 Å². The van der Waals surface area contributed by atoms with E-state index in [1.165, 1.54) is 17.4 Å². The quantitative estimate of drug-likeness (QED) is 0.502. The number of anilines is 1. The first-order valence-corrected chi connectivity index (χ1v) is 6.98. The van der Waals surface area contributed by atoms with E-state index in [9.17, 15) is 9.18 Å². The third kappa shape index (κ3) is 3.12. The minimum absolute atomic E-state index is 0.274. The van der Waals surface area contributed by atoms with Gasteiger partial charge in [-0.25, -0.2) is 15.2 Å². The number of para-hydroxylation sites is 1. The van der Waals surface area contributed by atoms with Crippen LogP contribution in [0.1, 0.15) is 22.4 Å². The zero-order chi connectivity index (χ0) is 14.5. The Morgan fingerprint density at radius 1 is 1.50 bits per heavy atom. The van der Waals surface area contributed by atoms with Crippen molar-refractivity contribution in [1.29, 1.82) is 0 Å². The lowest BCUT2D eigenvalue weighted by Crippen LogP contribution is -2.30. The van der Waals surface area contributed by atoms with Gasteiger partial charge in [0, 0.05) is 11.9 Å². The van der Waals surface area contributed by atoms with Gasteiger partial charge in [-0.05, 0) is 19.1 Å². The molecule has 7 heteroatoms. The van der Waals surface area contributed by atoms with Gasteiger partial charge in [-0.2, -0.15) is 0 Å². The topological polar surface area (TPSA) is 71.2 Å². The van der Waals surface area contributed by atoms with E-state index in [2.05, 4.69) is 4.98 Å². The van der Waals surface area contributed by atoms with Crippen LogP contribution in [0.25, 0.3) is 0 Å². The molecule has 3 N–H and O–H groups in total. The largest absolute Gasteiger partial charge is 0.364 e. The maximum Gasteiger partial charge on any atom is 0.294 e. The molecule has 0 bridgehead atoms. The van der Waals surface area contributed by atoms with Crippen LogP contribution >= 0.6 is 11.3 Å². The summed E-state index contributed by atoms with van der Waals surface area (Å²) in [6.07, 6.45) is 0. The van der Waals surface area contributed by atoms with Crippen LogP contribution in [0.5, 0.6) is 0 Å². The highest BCUT2D eigenvalue weighted by Crippen LogP contribution is 2.21.